The Morgan fingerprint density at radius 1 is 1.28 bits per heavy atom. The summed E-state index contributed by atoms with van der Waals surface area (Å²) >= 11 is 1.73. The van der Waals surface area contributed by atoms with Crippen LogP contribution < -0.4 is 15.4 Å². The number of methoxy groups -OCH3 is 1. The van der Waals surface area contributed by atoms with E-state index in [0.717, 1.165) is 23.5 Å². The summed E-state index contributed by atoms with van der Waals surface area (Å²) in [7, 11) is 1.55. The van der Waals surface area contributed by atoms with E-state index in [1.165, 1.54) is 0 Å². The summed E-state index contributed by atoms with van der Waals surface area (Å²) in [5.74, 6) is 0.924. The maximum absolute atomic E-state index is 12.0. The number of amides is 2. The van der Waals surface area contributed by atoms with E-state index in [1.54, 1.807) is 24.9 Å². The van der Waals surface area contributed by atoms with Crippen molar-refractivity contribution >= 4 is 23.6 Å². The van der Waals surface area contributed by atoms with Crippen LogP contribution in [0.1, 0.15) is 12.0 Å². The predicted octanol–water partition coefficient (Wildman–Crippen LogP) is 0.312. The summed E-state index contributed by atoms with van der Waals surface area (Å²) in [5.41, 5.74) is 0.285. The van der Waals surface area contributed by atoms with E-state index in [2.05, 4.69) is 10.6 Å². The average molecular weight is 368 g/mol. The number of para-hydroxylation sites is 1. The molecule has 1 aromatic carbocycles. The Hall–Kier alpha value is -1.77. The summed E-state index contributed by atoms with van der Waals surface area (Å²) in [6.07, 6.45) is 0.779. The largest absolute Gasteiger partial charge is 0.496 e. The first kappa shape index (κ1) is 19.6. The number of benzene rings is 1. The van der Waals surface area contributed by atoms with Gasteiger partial charge in [-0.1, -0.05) is 18.2 Å². The molecule has 2 amide bonds. The molecule has 1 unspecified atom stereocenters. The van der Waals surface area contributed by atoms with Crippen LogP contribution in [0, 0.1) is 0 Å². The third-order valence-corrected chi connectivity index (χ3v) is 5.20. The van der Waals surface area contributed by atoms with Crippen LogP contribution in [-0.2, 0) is 20.9 Å². The normalized spacial score (nSPS) is 19.4. The predicted molar refractivity (Wildman–Crippen MR) is 95.6 cm³/mol. The maximum Gasteiger partial charge on any atom is 0.309 e. The molecule has 2 rings (SSSR count). The quantitative estimate of drug-likeness (QED) is 0.572. The Bertz CT molecular complexity index is 590. The van der Waals surface area contributed by atoms with Crippen molar-refractivity contribution in [1.82, 2.24) is 10.6 Å². The Morgan fingerprint density at radius 2 is 2.04 bits per heavy atom. The second kappa shape index (κ2) is 9.65. The van der Waals surface area contributed by atoms with Gasteiger partial charge >= 0.3 is 11.8 Å². The first-order valence-electron chi connectivity index (χ1n) is 8.11. The smallest absolute Gasteiger partial charge is 0.309 e. The van der Waals surface area contributed by atoms with E-state index >= 15 is 0 Å². The minimum absolute atomic E-state index is 0.0697. The number of hydrogen-bond donors (Lipinski definition) is 3. The molecular weight excluding hydrogens is 344 g/mol. The number of ether oxygens (including phenoxy) is 2. The maximum atomic E-state index is 12.0. The standard InChI is InChI=1S/C17H24N2O5S/c1-23-14-5-3-2-4-13(14)10-18-15(21)16(22)19-11-17(24-8-7-20)6-9-25-12-17/h2-5,20H,6-12H2,1H3,(H,18,21)(H,19,22). The molecule has 1 aliphatic rings. The van der Waals surface area contributed by atoms with Gasteiger partial charge in [0.15, 0.2) is 0 Å². The third-order valence-electron chi connectivity index (χ3n) is 3.98. The minimum atomic E-state index is -0.700. The highest BCUT2D eigenvalue weighted by Crippen LogP contribution is 2.30. The van der Waals surface area contributed by atoms with E-state index in [0.29, 0.717) is 5.75 Å². The monoisotopic (exact) mass is 368 g/mol. The summed E-state index contributed by atoms with van der Waals surface area (Å²) in [5, 5.41) is 14.2. The molecule has 1 fully saturated rings. The molecule has 0 aliphatic carbocycles. The lowest BCUT2D eigenvalue weighted by Gasteiger charge is -2.28. The zero-order valence-corrected chi connectivity index (χ0v) is 15.1. The van der Waals surface area contributed by atoms with Crippen LogP contribution in [0.25, 0.3) is 0 Å². The fraction of sp³-hybridized carbons (Fsp3) is 0.529. The summed E-state index contributed by atoms with van der Waals surface area (Å²) in [6, 6.07) is 7.29. The van der Waals surface area contributed by atoms with Crippen molar-refractivity contribution in [2.24, 2.45) is 0 Å². The van der Waals surface area contributed by atoms with E-state index in [1.807, 2.05) is 18.2 Å². The van der Waals surface area contributed by atoms with Crippen LogP contribution in [0.2, 0.25) is 0 Å². The number of carbonyl (C=O) groups excluding carboxylic acids is 2. The van der Waals surface area contributed by atoms with Crippen molar-refractivity contribution in [1.29, 1.82) is 0 Å². The van der Waals surface area contributed by atoms with Crippen LogP contribution in [0.15, 0.2) is 24.3 Å². The van der Waals surface area contributed by atoms with Crippen LogP contribution in [0.3, 0.4) is 0 Å². The molecule has 25 heavy (non-hydrogen) atoms. The SMILES string of the molecule is COc1ccccc1CNC(=O)C(=O)NCC1(OCCO)CCSC1. The average Bonchev–Trinajstić information content (AvgIpc) is 3.11. The second-order valence-electron chi connectivity index (χ2n) is 5.73. The summed E-state index contributed by atoms with van der Waals surface area (Å²) in [6.45, 7) is 0.607. The van der Waals surface area contributed by atoms with Crippen molar-refractivity contribution < 1.29 is 24.2 Å². The molecule has 0 bridgehead atoms. The van der Waals surface area contributed by atoms with Gasteiger partial charge in [0.25, 0.3) is 0 Å². The Morgan fingerprint density at radius 3 is 2.72 bits per heavy atom. The minimum Gasteiger partial charge on any atom is -0.496 e. The molecule has 8 heteroatoms. The van der Waals surface area contributed by atoms with E-state index in [4.69, 9.17) is 14.6 Å². The number of rotatable bonds is 8. The number of hydrogen-bond acceptors (Lipinski definition) is 6. The van der Waals surface area contributed by atoms with Crippen molar-refractivity contribution in [3.63, 3.8) is 0 Å². The Balaban J connectivity index is 1.82. The fourth-order valence-corrected chi connectivity index (χ4v) is 3.94. The van der Waals surface area contributed by atoms with Crippen LogP contribution >= 0.6 is 11.8 Å². The molecule has 1 aliphatic heterocycles. The molecular formula is C17H24N2O5S. The number of nitrogens with one attached hydrogen (secondary N) is 2. The lowest BCUT2D eigenvalue weighted by atomic mass is 10.0. The molecule has 0 saturated carbocycles. The van der Waals surface area contributed by atoms with Gasteiger partial charge in [0.2, 0.25) is 0 Å². The van der Waals surface area contributed by atoms with Gasteiger partial charge < -0.3 is 25.2 Å². The molecule has 0 spiro atoms. The molecule has 0 aromatic heterocycles. The highest BCUT2D eigenvalue weighted by atomic mass is 32.2. The van der Waals surface area contributed by atoms with Crippen LogP contribution in [0.5, 0.6) is 5.75 Å². The van der Waals surface area contributed by atoms with Crippen molar-refractivity contribution in [3.05, 3.63) is 29.8 Å². The topological polar surface area (TPSA) is 96.9 Å². The van der Waals surface area contributed by atoms with Gasteiger partial charge in [-0.15, -0.1) is 0 Å². The van der Waals surface area contributed by atoms with Gasteiger partial charge in [-0.05, 0) is 18.2 Å². The molecule has 0 radical (unpaired) electrons. The molecule has 1 saturated heterocycles. The zero-order valence-electron chi connectivity index (χ0n) is 14.2. The van der Waals surface area contributed by atoms with E-state index < -0.39 is 17.4 Å². The first-order valence-corrected chi connectivity index (χ1v) is 9.26. The van der Waals surface area contributed by atoms with E-state index in [9.17, 15) is 9.59 Å². The number of aliphatic hydroxyl groups excluding tert-OH is 1. The molecule has 1 atom stereocenters. The molecule has 3 N–H and O–H groups in total. The van der Waals surface area contributed by atoms with Gasteiger partial charge in [-0.2, -0.15) is 11.8 Å². The lowest BCUT2D eigenvalue weighted by Crippen LogP contribution is -2.49. The number of aliphatic hydroxyl groups is 1. The summed E-state index contributed by atoms with van der Waals surface area (Å²) in [4.78, 5) is 24.0. The molecule has 1 aromatic rings. The van der Waals surface area contributed by atoms with Crippen molar-refractivity contribution in [2.45, 2.75) is 18.6 Å². The number of carbonyl (C=O) groups is 2. The Labute approximate surface area is 151 Å². The Kier molecular flexibility index (Phi) is 7.54. The number of thioether (sulfide) groups is 1. The highest BCUT2D eigenvalue weighted by Gasteiger charge is 2.36. The lowest BCUT2D eigenvalue weighted by molar-refractivity contribution is -0.140. The highest BCUT2D eigenvalue weighted by molar-refractivity contribution is 7.99. The molecule has 7 nitrogen and oxygen atoms in total. The van der Waals surface area contributed by atoms with Gasteiger partial charge in [0.1, 0.15) is 5.75 Å². The molecule has 1 heterocycles. The van der Waals surface area contributed by atoms with Crippen molar-refractivity contribution in [2.75, 3.05) is 38.4 Å². The zero-order chi connectivity index (χ0) is 18.1. The van der Waals surface area contributed by atoms with Gasteiger partial charge in [0.05, 0.1) is 25.9 Å². The van der Waals surface area contributed by atoms with E-state index in [-0.39, 0.29) is 26.3 Å². The molecule has 138 valence electrons. The first-order chi connectivity index (χ1) is 12.1. The van der Waals surface area contributed by atoms with Gasteiger partial charge in [-0.25, -0.2) is 0 Å². The second-order valence-corrected chi connectivity index (χ2v) is 6.84. The van der Waals surface area contributed by atoms with Gasteiger partial charge in [0, 0.05) is 24.4 Å². The van der Waals surface area contributed by atoms with Crippen LogP contribution in [0.4, 0.5) is 0 Å². The third kappa shape index (κ3) is 5.62. The fourth-order valence-electron chi connectivity index (χ4n) is 2.58. The van der Waals surface area contributed by atoms with Gasteiger partial charge in [-0.3, -0.25) is 9.59 Å². The van der Waals surface area contributed by atoms with Crippen molar-refractivity contribution in [3.8, 4) is 5.75 Å². The summed E-state index contributed by atoms with van der Waals surface area (Å²) < 4.78 is 10.9. The van der Waals surface area contributed by atoms with Crippen LogP contribution in [-0.4, -0.2) is 60.9 Å².